The first-order valence-electron chi connectivity index (χ1n) is 5.22. The highest BCUT2D eigenvalue weighted by atomic mass is 79.9. The van der Waals surface area contributed by atoms with Crippen molar-refractivity contribution in [2.45, 2.75) is 18.7 Å². The van der Waals surface area contributed by atoms with Crippen LogP contribution in [-0.4, -0.2) is 13.6 Å². The van der Waals surface area contributed by atoms with E-state index in [9.17, 15) is 12.8 Å². The van der Waals surface area contributed by atoms with E-state index in [1.807, 2.05) is 0 Å². The molecule has 1 N–H and O–H groups in total. The van der Waals surface area contributed by atoms with E-state index in [1.54, 1.807) is 0 Å². The van der Waals surface area contributed by atoms with Gasteiger partial charge in [0.15, 0.2) is 10.7 Å². The molecule has 5 nitrogen and oxygen atoms in total. The number of aromatic nitrogens is 1. The summed E-state index contributed by atoms with van der Waals surface area (Å²) in [5.74, 6) is -0.272. The van der Waals surface area contributed by atoms with Crippen LogP contribution >= 0.6 is 15.9 Å². The maximum atomic E-state index is 13.1. The molecule has 0 saturated carbocycles. The first-order valence-corrected chi connectivity index (χ1v) is 7.49. The lowest BCUT2D eigenvalue weighted by Gasteiger charge is -2.08. The summed E-state index contributed by atoms with van der Waals surface area (Å²) >= 11 is 2.99. The van der Waals surface area contributed by atoms with E-state index in [0.29, 0.717) is 0 Å². The number of hydrogen-bond acceptors (Lipinski definition) is 4. The molecule has 0 saturated heterocycles. The van der Waals surface area contributed by atoms with Crippen LogP contribution in [0.1, 0.15) is 11.5 Å². The van der Waals surface area contributed by atoms with E-state index in [0.717, 1.165) is 6.07 Å². The summed E-state index contributed by atoms with van der Waals surface area (Å²) in [7, 11) is -3.81. The Kier molecular flexibility index (Phi) is 3.64. The van der Waals surface area contributed by atoms with Crippen molar-refractivity contribution in [3.05, 3.63) is 39.9 Å². The van der Waals surface area contributed by atoms with E-state index in [2.05, 4.69) is 25.8 Å². The molecule has 0 fully saturated rings. The Morgan fingerprint density at radius 2 is 2.05 bits per heavy atom. The Morgan fingerprint density at radius 3 is 2.58 bits per heavy atom. The van der Waals surface area contributed by atoms with Crippen molar-refractivity contribution in [3.63, 3.8) is 0 Å². The number of anilines is 1. The fourth-order valence-electron chi connectivity index (χ4n) is 1.62. The number of halogens is 2. The summed E-state index contributed by atoms with van der Waals surface area (Å²) in [5.41, 5.74) is 0.513. The van der Waals surface area contributed by atoms with Crippen LogP contribution in [0.25, 0.3) is 0 Å². The van der Waals surface area contributed by atoms with Gasteiger partial charge in [-0.3, -0.25) is 4.72 Å². The smallest absolute Gasteiger partial charge is 0.267 e. The highest BCUT2D eigenvalue weighted by Crippen LogP contribution is 2.25. The number of nitrogens with one attached hydrogen (secondary N) is 1. The predicted octanol–water partition coefficient (Wildman–Crippen LogP) is 2.99. The zero-order valence-corrected chi connectivity index (χ0v) is 12.5. The molecule has 0 aliphatic rings. The lowest BCUT2D eigenvalue weighted by Crippen LogP contribution is -2.14. The lowest BCUT2D eigenvalue weighted by atomic mass is 10.3. The number of aryl methyl sites for hydroxylation is 2. The van der Waals surface area contributed by atoms with Gasteiger partial charge < -0.3 is 4.52 Å². The molecule has 0 radical (unpaired) electrons. The van der Waals surface area contributed by atoms with Crippen molar-refractivity contribution in [1.29, 1.82) is 0 Å². The molecule has 1 aromatic heterocycles. The molecule has 19 heavy (non-hydrogen) atoms. The van der Waals surface area contributed by atoms with Crippen molar-refractivity contribution >= 4 is 31.6 Å². The zero-order chi connectivity index (χ0) is 14.2. The summed E-state index contributed by atoms with van der Waals surface area (Å²) in [6.07, 6.45) is 0. The van der Waals surface area contributed by atoms with Crippen LogP contribution in [0.4, 0.5) is 10.1 Å². The van der Waals surface area contributed by atoms with E-state index in [1.165, 1.54) is 26.0 Å². The van der Waals surface area contributed by atoms with Gasteiger partial charge in [-0.25, -0.2) is 12.8 Å². The minimum atomic E-state index is -3.81. The summed E-state index contributed by atoms with van der Waals surface area (Å²) in [6.45, 7) is 3.04. The molecule has 1 aromatic carbocycles. The second kappa shape index (κ2) is 4.93. The second-order valence-corrected chi connectivity index (χ2v) is 6.36. The highest BCUT2D eigenvalue weighted by molar-refractivity contribution is 9.10. The molecular weight excluding hydrogens is 339 g/mol. The van der Waals surface area contributed by atoms with Gasteiger partial charge in [-0.1, -0.05) is 5.16 Å². The molecule has 0 aliphatic carbocycles. The van der Waals surface area contributed by atoms with Crippen molar-refractivity contribution in [1.82, 2.24) is 5.16 Å². The van der Waals surface area contributed by atoms with Crippen molar-refractivity contribution in [3.8, 4) is 0 Å². The van der Waals surface area contributed by atoms with Crippen LogP contribution in [0.5, 0.6) is 0 Å². The molecule has 2 rings (SSSR count). The van der Waals surface area contributed by atoms with E-state index in [-0.39, 0.29) is 26.5 Å². The van der Waals surface area contributed by atoms with Gasteiger partial charge in [-0.15, -0.1) is 0 Å². The Labute approximate surface area is 118 Å². The Morgan fingerprint density at radius 1 is 1.37 bits per heavy atom. The Balaban J connectivity index is 2.39. The number of hydrogen-bond donors (Lipinski definition) is 1. The van der Waals surface area contributed by atoms with Gasteiger partial charge in [-0.2, -0.15) is 0 Å². The summed E-state index contributed by atoms with van der Waals surface area (Å²) in [4.78, 5) is -0.00653. The third-order valence-corrected chi connectivity index (χ3v) is 4.64. The number of nitrogens with zero attached hydrogens (tertiary/aromatic N) is 1. The lowest BCUT2D eigenvalue weighted by molar-refractivity contribution is 0.390. The fourth-order valence-corrected chi connectivity index (χ4v) is 3.38. The predicted molar refractivity (Wildman–Crippen MR) is 70.9 cm³/mol. The monoisotopic (exact) mass is 348 g/mol. The maximum absolute atomic E-state index is 13.1. The molecule has 102 valence electrons. The fraction of sp³-hybridized carbons (Fsp3) is 0.182. The number of sulfonamides is 1. The number of rotatable bonds is 3. The zero-order valence-electron chi connectivity index (χ0n) is 10.1. The quantitative estimate of drug-likeness (QED) is 0.925. The van der Waals surface area contributed by atoms with Gasteiger partial charge in [0.25, 0.3) is 10.0 Å². The minimum absolute atomic E-state index is 0.00653. The average Bonchev–Trinajstić information content (AvgIpc) is 2.64. The van der Waals surface area contributed by atoms with Gasteiger partial charge in [0.1, 0.15) is 11.5 Å². The third kappa shape index (κ3) is 2.79. The van der Waals surface area contributed by atoms with Crippen LogP contribution in [-0.2, 0) is 10.0 Å². The van der Waals surface area contributed by atoms with E-state index in [4.69, 9.17) is 4.52 Å². The van der Waals surface area contributed by atoms with E-state index < -0.39 is 15.8 Å². The molecule has 0 aliphatic heterocycles. The van der Waals surface area contributed by atoms with Gasteiger partial charge >= 0.3 is 0 Å². The number of benzene rings is 1. The second-order valence-electron chi connectivity index (χ2n) is 3.89. The van der Waals surface area contributed by atoms with Gasteiger partial charge in [-0.05, 0) is 48.0 Å². The first kappa shape index (κ1) is 14.0. The van der Waals surface area contributed by atoms with Crippen molar-refractivity contribution < 1.29 is 17.3 Å². The van der Waals surface area contributed by atoms with Gasteiger partial charge in [0.2, 0.25) is 0 Å². The molecule has 2 aromatic rings. The molecule has 1 heterocycles. The normalized spacial score (nSPS) is 11.6. The van der Waals surface area contributed by atoms with Crippen LogP contribution in [0.2, 0.25) is 0 Å². The maximum Gasteiger partial charge on any atom is 0.267 e. The van der Waals surface area contributed by atoms with Crippen LogP contribution in [0.15, 0.2) is 32.1 Å². The Bertz CT molecular complexity index is 708. The molecule has 0 atom stereocenters. The average molecular weight is 349 g/mol. The summed E-state index contributed by atoms with van der Waals surface area (Å²) in [5, 5.41) is 3.59. The molecular formula is C11H10BrFN2O3S. The molecule has 8 heteroatoms. The topological polar surface area (TPSA) is 72.2 Å². The van der Waals surface area contributed by atoms with Crippen molar-refractivity contribution in [2.24, 2.45) is 0 Å². The summed E-state index contributed by atoms with van der Waals surface area (Å²) < 4.78 is 44.8. The summed E-state index contributed by atoms with van der Waals surface area (Å²) in [6, 6.07) is 3.83. The highest BCUT2D eigenvalue weighted by Gasteiger charge is 2.24. The van der Waals surface area contributed by atoms with Crippen LogP contribution in [0.3, 0.4) is 0 Å². The van der Waals surface area contributed by atoms with Crippen LogP contribution < -0.4 is 4.72 Å². The van der Waals surface area contributed by atoms with Gasteiger partial charge in [0, 0.05) is 0 Å². The standard InChI is InChI=1S/C11H10BrFN2O3S/c1-6-11(7(2)18-14-6)19(16,17)15-8-3-4-10(13)9(12)5-8/h3-5,15H,1-2H3. The first-order chi connectivity index (χ1) is 8.81. The van der Waals surface area contributed by atoms with Crippen molar-refractivity contribution in [2.75, 3.05) is 4.72 Å². The molecule has 0 spiro atoms. The van der Waals surface area contributed by atoms with Crippen LogP contribution in [0, 0.1) is 19.7 Å². The molecule has 0 unspecified atom stereocenters. The Hall–Kier alpha value is -1.41. The van der Waals surface area contributed by atoms with Gasteiger partial charge in [0.05, 0.1) is 10.2 Å². The third-order valence-electron chi connectivity index (χ3n) is 2.41. The molecule has 0 bridgehead atoms. The molecule has 0 amide bonds. The SMILES string of the molecule is Cc1noc(C)c1S(=O)(=O)Nc1ccc(F)c(Br)c1. The van der Waals surface area contributed by atoms with E-state index >= 15 is 0 Å². The largest absolute Gasteiger partial charge is 0.360 e. The minimum Gasteiger partial charge on any atom is -0.360 e.